The number of phenols is 1. The number of nitrogens with zero attached hydrogens (tertiary/aromatic N) is 3. The van der Waals surface area contributed by atoms with Crippen LogP contribution in [0.25, 0.3) is 0 Å². The molecular weight excluding hydrogens is 519 g/mol. The summed E-state index contributed by atoms with van der Waals surface area (Å²) in [6.45, 7) is 3.79. The maximum Gasteiger partial charge on any atom is 0.312 e. The van der Waals surface area contributed by atoms with Gasteiger partial charge in [-0.25, -0.2) is 4.98 Å². The summed E-state index contributed by atoms with van der Waals surface area (Å²) in [5.74, 6) is -1.09. The van der Waals surface area contributed by atoms with Crippen molar-refractivity contribution in [2.24, 2.45) is 5.92 Å². The molecule has 0 aliphatic rings. The Hall–Kier alpha value is -3.35. The lowest BCUT2D eigenvalue weighted by Gasteiger charge is -2.20. The zero-order valence-electron chi connectivity index (χ0n) is 18.4. The summed E-state index contributed by atoms with van der Waals surface area (Å²) < 4.78 is 0. The van der Waals surface area contributed by atoms with E-state index in [9.17, 15) is 24.8 Å². The van der Waals surface area contributed by atoms with Crippen molar-refractivity contribution in [3.8, 4) is 5.75 Å². The lowest BCUT2D eigenvalue weighted by molar-refractivity contribution is -0.385. The number of carbonyl (C=O) groups excluding carboxylic acids is 2. The number of aromatic hydroxyl groups is 1. The van der Waals surface area contributed by atoms with Gasteiger partial charge in [-0.1, -0.05) is 48.8 Å². The highest BCUT2D eigenvalue weighted by atomic mass is 35.5. The highest BCUT2D eigenvalue weighted by Gasteiger charge is 2.24. The molecule has 0 aliphatic carbocycles. The van der Waals surface area contributed by atoms with Crippen molar-refractivity contribution in [3.63, 3.8) is 0 Å². The minimum atomic E-state index is -0.750. The van der Waals surface area contributed by atoms with E-state index >= 15 is 0 Å². The molecule has 0 aliphatic heterocycles. The first-order valence-corrected chi connectivity index (χ1v) is 11.9. The number of nitrogens with one attached hydrogen (secondary N) is 3. The number of phenolic OH excluding ortho intramolecular Hbond substituents is 1. The molecule has 0 fully saturated rings. The standard InChI is InChI=1S/C21H20Cl2N6O5S/c1-10(2)18(25-20(32)13-5-3-11(22)7-14(13)23)19-26-21(28-27-19)35-9-17(31)24-12-4-6-16(30)15(8-12)29(33)34/h3-8,10,18,30H,9H2,1-2H3,(H,24,31)(H,25,32)(H,26,27,28)/t18-/m0/s1. The van der Waals surface area contributed by atoms with Crippen LogP contribution in [0.15, 0.2) is 41.6 Å². The first-order valence-electron chi connectivity index (χ1n) is 10.1. The van der Waals surface area contributed by atoms with Crippen molar-refractivity contribution in [2.45, 2.75) is 25.0 Å². The normalized spacial score (nSPS) is 11.8. The molecule has 3 rings (SSSR count). The van der Waals surface area contributed by atoms with Crippen LogP contribution in [-0.2, 0) is 4.79 Å². The third kappa shape index (κ3) is 6.84. The maximum absolute atomic E-state index is 12.7. The second-order valence-electron chi connectivity index (χ2n) is 7.62. The van der Waals surface area contributed by atoms with Crippen molar-refractivity contribution in [3.05, 3.63) is 67.9 Å². The van der Waals surface area contributed by atoms with Crippen LogP contribution in [0.2, 0.25) is 10.0 Å². The highest BCUT2D eigenvalue weighted by Crippen LogP contribution is 2.29. The second-order valence-corrected chi connectivity index (χ2v) is 9.41. The summed E-state index contributed by atoms with van der Waals surface area (Å²) in [4.78, 5) is 39.5. The van der Waals surface area contributed by atoms with Crippen molar-refractivity contribution < 1.29 is 19.6 Å². The molecule has 0 saturated heterocycles. The Morgan fingerprint density at radius 1 is 1.23 bits per heavy atom. The first kappa shape index (κ1) is 26.3. The van der Waals surface area contributed by atoms with E-state index in [-0.39, 0.29) is 33.1 Å². The molecule has 2 aromatic carbocycles. The Labute approximate surface area is 213 Å². The fraction of sp³-hybridized carbons (Fsp3) is 0.238. The summed E-state index contributed by atoms with van der Waals surface area (Å²) >= 11 is 13.1. The van der Waals surface area contributed by atoms with E-state index in [1.54, 1.807) is 6.07 Å². The van der Waals surface area contributed by atoms with E-state index < -0.39 is 34.2 Å². The number of rotatable bonds is 9. The molecular formula is C21H20Cl2N6O5S. The number of aromatic amines is 1. The molecule has 0 saturated carbocycles. The van der Waals surface area contributed by atoms with E-state index in [1.165, 1.54) is 18.2 Å². The largest absolute Gasteiger partial charge is 0.502 e. The van der Waals surface area contributed by atoms with Gasteiger partial charge in [-0.05, 0) is 36.2 Å². The van der Waals surface area contributed by atoms with Gasteiger partial charge in [0.1, 0.15) is 5.82 Å². The van der Waals surface area contributed by atoms with Crippen LogP contribution >= 0.6 is 35.0 Å². The number of hydrogen-bond acceptors (Lipinski definition) is 8. The maximum atomic E-state index is 12.7. The number of hydrogen-bond donors (Lipinski definition) is 4. The van der Waals surface area contributed by atoms with Gasteiger partial charge in [0, 0.05) is 16.8 Å². The van der Waals surface area contributed by atoms with Gasteiger partial charge in [-0.2, -0.15) is 0 Å². The summed E-state index contributed by atoms with van der Waals surface area (Å²) in [6, 6.07) is 7.59. The van der Waals surface area contributed by atoms with E-state index in [0.717, 1.165) is 23.9 Å². The van der Waals surface area contributed by atoms with Crippen molar-refractivity contribution in [2.75, 3.05) is 11.1 Å². The number of benzene rings is 2. The predicted octanol–water partition coefficient (Wildman–Crippen LogP) is 4.58. The molecule has 1 aromatic heterocycles. The molecule has 1 heterocycles. The predicted molar refractivity (Wildman–Crippen MR) is 132 cm³/mol. The average Bonchev–Trinajstić information content (AvgIpc) is 3.25. The Balaban J connectivity index is 1.62. The summed E-state index contributed by atoms with van der Waals surface area (Å²) in [5.41, 5.74) is -0.0862. The van der Waals surface area contributed by atoms with Crippen molar-refractivity contribution in [1.82, 2.24) is 20.5 Å². The van der Waals surface area contributed by atoms with Crippen LogP contribution in [-0.4, -0.2) is 42.8 Å². The van der Waals surface area contributed by atoms with Crippen LogP contribution in [0.4, 0.5) is 11.4 Å². The van der Waals surface area contributed by atoms with E-state index in [4.69, 9.17) is 23.2 Å². The van der Waals surface area contributed by atoms with Gasteiger partial charge in [0.15, 0.2) is 5.75 Å². The molecule has 2 amide bonds. The number of anilines is 1. The number of halogens is 2. The Kier molecular flexibility index (Phi) is 8.54. The molecule has 184 valence electrons. The lowest BCUT2D eigenvalue weighted by Crippen LogP contribution is -2.32. The molecule has 35 heavy (non-hydrogen) atoms. The quantitative estimate of drug-likeness (QED) is 0.133. The van der Waals surface area contributed by atoms with Crippen LogP contribution < -0.4 is 10.6 Å². The topological polar surface area (TPSA) is 163 Å². The van der Waals surface area contributed by atoms with E-state index in [2.05, 4.69) is 25.8 Å². The minimum Gasteiger partial charge on any atom is -0.502 e. The van der Waals surface area contributed by atoms with E-state index in [1.807, 2.05) is 13.8 Å². The number of amides is 2. The molecule has 3 aromatic rings. The zero-order valence-corrected chi connectivity index (χ0v) is 20.7. The molecule has 14 heteroatoms. The number of carbonyl (C=O) groups is 2. The van der Waals surface area contributed by atoms with Crippen molar-refractivity contribution >= 4 is 58.2 Å². The SMILES string of the molecule is CC(C)[C@H](NC(=O)c1ccc(Cl)cc1Cl)c1nc(SCC(=O)Nc2ccc(O)c([N+](=O)[O-])c2)n[nH]1. The highest BCUT2D eigenvalue weighted by molar-refractivity contribution is 7.99. The van der Waals surface area contributed by atoms with Gasteiger partial charge in [0.05, 0.1) is 27.3 Å². The number of nitro groups is 1. The number of thioether (sulfide) groups is 1. The Morgan fingerprint density at radius 2 is 1.97 bits per heavy atom. The molecule has 4 N–H and O–H groups in total. The molecule has 1 atom stereocenters. The third-order valence-electron chi connectivity index (χ3n) is 4.69. The van der Waals surface area contributed by atoms with Gasteiger partial charge in [-0.3, -0.25) is 24.8 Å². The molecule has 0 spiro atoms. The third-order valence-corrected chi connectivity index (χ3v) is 6.09. The lowest BCUT2D eigenvalue weighted by atomic mass is 10.0. The Bertz CT molecular complexity index is 1270. The van der Waals surface area contributed by atoms with Crippen molar-refractivity contribution in [1.29, 1.82) is 0 Å². The number of H-pyrrole nitrogens is 1. The van der Waals surface area contributed by atoms with Gasteiger partial charge < -0.3 is 15.7 Å². The van der Waals surface area contributed by atoms with Crippen LogP contribution in [0.5, 0.6) is 5.75 Å². The summed E-state index contributed by atoms with van der Waals surface area (Å²) in [7, 11) is 0. The Morgan fingerprint density at radius 3 is 2.63 bits per heavy atom. The van der Waals surface area contributed by atoms with Gasteiger partial charge in [-0.15, -0.1) is 5.10 Å². The second kappa shape index (κ2) is 11.4. The monoisotopic (exact) mass is 538 g/mol. The molecule has 11 nitrogen and oxygen atoms in total. The number of aromatic nitrogens is 3. The van der Waals surface area contributed by atoms with Gasteiger partial charge >= 0.3 is 5.69 Å². The molecule has 0 radical (unpaired) electrons. The number of nitro benzene ring substituents is 1. The fourth-order valence-corrected chi connectivity index (χ4v) is 4.08. The summed E-state index contributed by atoms with van der Waals surface area (Å²) in [5, 5.41) is 33.6. The molecule has 0 bridgehead atoms. The van der Waals surface area contributed by atoms with Crippen LogP contribution in [0.1, 0.15) is 36.1 Å². The summed E-state index contributed by atoms with van der Waals surface area (Å²) in [6.07, 6.45) is 0. The zero-order chi connectivity index (χ0) is 25.7. The molecule has 0 unspecified atom stereocenters. The smallest absolute Gasteiger partial charge is 0.312 e. The van der Waals surface area contributed by atoms with Crippen LogP contribution in [0, 0.1) is 16.0 Å². The van der Waals surface area contributed by atoms with E-state index in [0.29, 0.717) is 10.8 Å². The van der Waals surface area contributed by atoms with Crippen LogP contribution in [0.3, 0.4) is 0 Å². The average molecular weight is 539 g/mol. The fourth-order valence-electron chi connectivity index (χ4n) is 2.98. The van der Waals surface area contributed by atoms with Gasteiger partial charge in [0.25, 0.3) is 5.91 Å². The van der Waals surface area contributed by atoms with Gasteiger partial charge in [0.2, 0.25) is 11.1 Å². The minimum absolute atomic E-state index is 0.0515. The first-order chi connectivity index (χ1) is 16.5.